The molecule has 2 N–H and O–H groups in total. The standard InChI is InChI=1S/C31H37F2NO6S/c1-4-40-27(39)26-22-11-19-20-12-23(32)21-10-17(36)7-8-28(21,2)31(20,33)24(37)13-29(19,3)30(22,25(38)15-35)16-34(26)14-18-6-5-9-41-18/h5-10,19-20,22-24,26,35,37H,4,11-16H2,1-3H3/t19-,20?,22-,23-,24-,26?,28-,29-,30+,31-/m0/s1. The highest BCUT2D eigenvalue weighted by molar-refractivity contribution is 7.09. The molecule has 0 bridgehead atoms. The second-order valence-electron chi connectivity index (χ2n) is 12.9. The van der Waals surface area contributed by atoms with Crippen LogP contribution >= 0.6 is 11.3 Å². The molecule has 0 amide bonds. The van der Waals surface area contributed by atoms with E-state index in [1.807, 2.05) is 29.3 Å². The lowest BCUT2D eigenvalue weighted by Crippen LogP contribution is -2.69. The molecule has 0 radical (unpaired) electrons. The summed E-state index contributed by atoms with van der Waals surface area (Å²) in [5.41, 5.74) is -6.10. The highest BCUT2D eigenvalue weighted by Crippen LogP contribution is 2.75. The van der Waals surface area contributed by atoms with Crippen molar-refractivity contribution in [1.82, 2.24) is 4.90 Å². The number of aliphatic hydroxyl groups is 2. The van der Waals surface area contributed by atoms with Crippen molar-refractivity contribution in [1.29, 1.82) is 0 Å². The Hall–Kier alpha value is -2.27. The zero-order valence-corrected chi connectivity index (χ0v) is 24.3. The van der Waals surface area contributed by atoms with Gasteiger partial charge in [-0.25, -0.2) is 8.78 Å². The average Bonchev–Trinajstić information content (AvgIpc) is 3.61. The Kier molecular flexibility index (Phi) is 6.77. The Bertz CT molecular complexity index is 1330. The van der Waals surface area contributed by atoms with E-state index in [0.717, 1.165) is 11.0 Å². The summed E-state index contributed by atoms with van der Waals surface area (Å²) in [5.74, 6) is -3.49. The summed E-state index contributed by atoms with van der Waals surface area (Å²) in [6.07, 6.45) is 0.527. The van der Waals surface area contributed by atoms with E-state index in [0.29, 0.717) is 6.54 Å². The lowest BCUT2D eigenvalue weighted by atomic mass is 9.43. The van der Waals surface area contributed by atoms with E-state index in [1.165, 1.54) is 23.5 Å². The summed E-state index contributed by atoms with van der Waals surface area (Å²) in [6, 6.07) is 3.04. The minimum atomic E-state index is -2.29. The Balaban J connectivity index is 1.48. The molecule has 10 atom stereocenters. The summed E-state index contributed by atoms with van der Waals surface area (Å²) in [6.45, 7) is 5.03. The summed E-state index contributed by atoms with van der Waals surface area (Å²) >= 11 is 1.53. The van der Waals surface area contributed by atoms with Crippen molar-refractivity contribution in [2.75, 3.05) is 19.8 Å². The van der Waals surface area contributed by atoms with Gasteiger partial charge in [-0.2, -0.15) is 0 Å². The SMILES string of the molecule is CCOC(=O)C1[C@@H]2C[C@H]3C4C[C@H](F)C5=CC(=O)C=C[C@]5(C)[C@@]4(F)[C@@H](O)C[C@]3(C)[C@]2(C(=O)CO)CN1Cc1cccs1. The molecular weight excluding hydrogens is 552 g/mol. The molecule has 7 nitrogen and oxygen atoms in total. The number of likely N-dealkylation sites (tertiary alicyclic amines) is 1. The van der Waals surface area contributed by atoms with E-state index in [9.17, 15) is 24.6 Å². The molecule has 0 aromatic carbocycles. The van der Waals surface area contributed by atoms with Crippen molar-refractivity contribution in [3.05, 3.63) is 46.2 Å². The first kappa shape index (κ1) is 28.8. The van der Waals surface area contributed by atoms with Gasteiger partial charge in [0.05, 0.1) is 18.1 Å². The summed E-state index contributed by atoms with van der Waals surface area (Å²) in [7, 11) is 0. The van der Waals surface area contributed by atoms with Crippen molar-refractivity contribution in [3.8, 4) is 0 Å². The molecule has 1 aliphatic heterocycles. The number of carbonyl (C=O) groups excluding carboxylic acids is 3. The fourth-order valence-corrected chi connectivity index (χ4v) is 10.6. The second-order valence-corrected chi connectivity index (χ2v) is 14.0. The molecule has 6 rings (SSSR count). The zero-order chi connectivity index (χ0) is 29.5. The van der Waals surface area contributed by atoms with Gasteiger partial charge in [0.1, 0.15) is 18.8 Å². The fourth-order valence-electron chi connectivity index (χ4n) is 9.82. The molecule has 1 saturated heterocycles. The highest BCUT2D eigenvalue weighted by atomic mass is 32.1. The van der Waals surface area contributed by atoms with Crippen LogP contribution in [0.3, 0.4) is 0 Å². The fraction of sp³-hybridized carbons (Fsp3) is 0.645. The first-order valence-electron chi connectivity index (χ1n) is 14.4. The number of fused-ring (bicyclic) bond motifs is 7. The van der Waals surface area contributed by atoms with Gasteiger partial charge in [0.2, 0.25) is 0 Å². The molecular formula is C31H37F2NO6S. The molecule has 2 unspecified atom stereocenters. The topological polar surface area (TPSA) is 104 Å². The molecule has 4 aliphatic carbocycles. The maximum atomic E-state index is 17.7. The van der Waals surface area contributed by atoms with Crippen LogP contribution in [0.25, 0.3) is 0 Å². The van der Waals surface area contributed by atoms with Gasteiger partial charge >= 0.3 is 5.97 Å². The Morgan fingerprint density at radius 2 is 1.98 bits per heavy atom. The quantitative estimate of drug-likeness (QED) is 0.489. The third-order valence-corrected chi connectivity index (χ3v) is 12.4. The van der Waals surface area contributed by atoms with Crippen LogP contribution in [0.15, 0.2) is 41.3 Å². The van der Waals surface area contributed by atoms with Gasteiger partial charge < -0.3 is 14.9 Å². The van der Waals surface area contributed by atoms with Crippen LogP contribution in [0, 0.1) is 34.0 Å². The summed E-state index contributed by atoms with van der Waals surface area (Å²) in [4.78, 5) is 42.6. The molecule has 0 spiro atoms. The molecule has 1 aromatic rings. The van der Waals surface area contributed by atoms with Crippen LogP contribution < -0.4 is 0 Å². The first-order chi connectivity index (χ1) is 19.4. The lowest BCUT2D eigenvalue weighted by Gasteiger charge is -2.63. The van der Waals surface area contributed by atoms with E-state index in [4.69, 9.17) is 4.74 Å². The Labute approximate surface area is 242 Å². The number of Topliss-reactive ketones (excluding diaryl/α,β-unsaturated/α-hetero) is 1. The van der Waals surface area contributed by atoms with Gasteiger partial charge in [-0.05, 0) is 79.5 Å². The van der Waals surface area contributed by atoms with Crippen molar-refractivity contribution >= 4 is 28.9 Å². The number of halogens is 2. The van der Waals surface area contributed by atoms with Crippen molar-refractivity contribution in [3.63, 3.8) is 0 Å². The molecule has 4 fully saturated rings. The van der Waals surface area contributed by atoms with Gasteiger partial charge in [-0.15, -0.1) is 11.3 Å². The molecule has 222 valence electrons. The van der Waals surface area contributed by atoms with Crippen LogP contribution in [0.4, 0.5) is 8.78 Å². The normalized spacial score (nSPS) is 45.0. The van der Waals surface area contributed by atoms with E-state index in [1.54, 1.807) is 13.8 Å². The molecule has 10 heteroatoms. The number of thiophene rings is 1. The van der Waals surface area contributed by atoms with Gasteiger partial charge in [-0.3, -0.25) is 19.3 Å². The zero-order valence-electron chi connectivity index (χ0n) is 23.5. The van der Waals surface area contributed by atoms with Crippen LogP contribution in [0.2, 0.25) is 0 Å². The van der Waals surface area contributed by atoms with Crippen LogP contribution in [0.5, 0.6) is 0 Å². The van der Waals surface area contributed by atoms with Gasteiger partial charge in [-0.1, -0.05) is 19.1 Å². The number of ketones is 2. The predicted molar refractivity (Wildman–Crippen MR) is 147 cm³/mol. The van der Waals surface area contributed by atoms with Gasteiger partial charge in [0.25, 0.3) is 0 Å². The monoisotopic (exact) mass is 589 g/mol. The number of hydrogen-bond acceptors (Lipinski definition) is 8. The Morgan fingerprint density at radius 1 is 1.22 bits per heavy atom. The second kappa shape index (κ2) is 9.62. The van der Waals surface area contributed by atoms with Crippen molar-refractivity contribution in [2.45, 2.75) is 70.6 Å². The maximum absolute atomic E-state index is 17.7. The molecule has 41 heavy (non-hydrogen) atoms. The molecule has 5 aliphatic rings. The van der Waals surface area contributed by atoms with Crippen LogP contribution in [-0.4, -0.2) is 76.4 Å². The maximum Gasteiger partial charge on any atom is 0.323 e. The highest BCUT2D eigenvalue weighted by Gasteiger charge is 2.79. The number of allylic oxidation sites excluding steroid dienone is 4. The number of alkyl halides is 2. The van der Waals surface area contributed by atoms with E-state index in [-0.39, 0.29) is 38.0 Å². The predicted octanol–water partition coefficient (Wildman–Crippen LogP) is 3.59. The van der Waals surface area contributed by atoms with Gasteiger partial charge in [0.15, 0.2) is 17.2 Å². The molecule has 2 heterocycles. The first-order valence-corrected chi connectivity index (χ1v) is 15.3. The van der Waals surface area contributed by atoms with Crippen LogP contribution in [0.1, 0.15) is 44.9 Å². The van der Waals surface area contributed by atoms with E-state index in [2.05, 4.69) is 0 Å². The van der Waals surface area contributed by atoms with Gasteiger partial charge in [0, 0.05) is 29.3 Å². The summed E-state index contributed by atoms with van der Waals surface area (Å²) < 4.78 is 39.1. The minimum absolute atomic E-state index is 0.0391. The number of nitrogens with zero attached hydrogens (tertiary/aromatic N) is 1. The average molecular weight is 590 g/mol. The molecule has 3 saturated carbocycles. The van der Waals surface area contributed by atoms with Crippen molar-refractivity contribution < 1.29 is 38.1 Å². The number of ether oxygens (including phenoxy) is 1. The number of carbonyl (C=O) groups is 3. The number of hydrogen-bond donors (Lipinski definition) is 2. The lowest BCUT2D eigenvalue weighted by molar-refractivity contribution is -0.212. The third kappa shape index (κ3) is 3.60. The van der Waals surface area contributed by atoms with Crippen molar-refractivity contribution in [2.24, 2.45) is 34.0 Å². The number of esters is 1. The number of rotatable bonds is 6. The summed E-state index contributed by atoms with van der Waals surface area (Å²) in [5, 5.41) is 24.0. The van der Waals surface area contributed by atoms with E-state index >= 15 is 8.78 Å². The minimum Gasteiger partial charge on any atom is -0.465 e. The third-order valence-electron chi connectivity index (χ3n) is 11.5. The smallest absolute Gasteiger partial charge is 0.323 e. The van der Waals surface area contributed by atoms with E-state index < -0.39 is 82.1 Å². The largest absolute Gasteiger partial charge is 0.465 e. The number of aliphatic hydroxyl groups excluding tert-OH is 2. The molecule has 1 aromatic heterocycles. The Morgan fingerprint density at radius 3 is 2.63 bits per heavy atom. The van der Waals surface area contributed by atoms with Crippen LogP contribution in [-0.2, 0) is 25.7 Å².